The molecule has 0 aromatic heterocycles. The minimum absolute atomic E-state index is 0.0135. The topological polar surface area (TPSA) is 52.0 Å². The molecule has 2 N–H and O–H groups in total. The Morgan fingerprint density at radius 3 is 2.44 bits per heavy atom. The van der Waals surface area contributed by atoms with E-state index in [4.69, 9.17) is 9.47 Å². The van der Waals surface area contributed by atoms with Crippen molar-refractivity contribution in [2.24, 2.45) is 0 Å². The monoisotopic (exact) mass is 341 g/mol. The Labute approximate surface area is 148 Å². The van der Waals surface area contributed by atoms with Crippen molar-refractivity contribution in [1.29, 1.82) is 0 Å². The van der Waals surface area contributed by atoms with Crippen molar-refractivity contribution in [2.75, 3.05) is 25.0 Å². The van der Waals surface area contributed by atoms with Crippen LogP contribution in [0.3, 0.4) is 0 Å². The van der Waals surface area contributed by atoms with Crippen LogP contribution in [-0.4, -0.2) is 37.7 Å². The van der Waals surface area contributed by atoms with E-state index in [1.165, 1.54) is 4.90 Å². The van der Waals surface area contributed by atoms with E-state index in [0.717, 1.165) is 18.8 Å². The number of benzene rings is 2. The van der Waals surface area contributed by atoms with E-state index in [1.54, 1.807) is 0 Å². The van der Waals surface area contributed by atoms with E-state index in [2.05, 4.69) is 19.2 Å². The van der Waals surface area contributed by atoms with Crippen LogP contribution in [0.2, 0.25) is 0 Å². The molecule has 1 saturated heterocycles. The first-order valence-electron chi connectivity index (χ1n) is 8.71. The number of carbonyl (C=O) groups excluding carboxylic acids is 1. The predicted molar refractivity (Wildman–Crippen MR) is 97.2 cm³/mol. The second-order valence-electron chi connectivity index (χ2n) is 6.55. The number of carbonyl (C=O) groups is 1. The van der Waals surface area contributed by atoms with E-state index in [0.29, 0.717) is 18.0 Å². The molecular formula is C20H25N2O3+. The summed E-state index contributed by atoms with van der Waals surface area (Å²) in [4.78, 5) is 13.7. The number of hydrogen-bond donors (Lipinski definition) is 2. The van der Waals surface area contributed by atoms with Crippen LogP contribution in [0.4, 0.5) is 5.69 Å². The second kappa shape index (κ2) is 8.14. The number of para-hydroxylation sites is 3. The summed E-state index contributed by atoms with van der Waals surface area (Å²) in [5.41, 5.74) is 0.685. The van der Waals surface area contributed by atoms with Crippen molar-refractivity contribution in [3.8, 4) is 11.5 Å². The zero-order valence-electron chi connectivity index (χ0n) is 14.7. The molecule has 132 valence electrons. The first-order valence-corrected chi connectivity index (χ1v) is 8.71. The summed E-state index contributed by atoms with van der Waals surface area (Å²) in [7, 11) is 0. The third kappa shape index (κ3) is 5.05. The van der Waals surface area contributed by atoms with Crippen molar-refractivity contribution in [3.05, 3.63) is 54.6 Å². The Morgan fingerprint density at radius 1 is 1.08 bits per heavy atom. The van der Waals surface area contributed by atoms with Gasteiger partial charge in [0.1, 0.15) is 31.0 Å². The lowest BCUT2D eigenvalue weighted by atomic mass is 10.2. The normalized spacial score (nSPS) is 23.0. The zero-order chi connectivity index (χ0) is 17.6. The lowest BCUT2D eigenvalue weighted by Crippen LogP contribution is -3.16. The van der Waals surface area contributed by atoms with Crippen LogP contribution in [0.25, 0.3) is 0 Å². The molecule has 25 heavy (non-hydrogen) atoms. The summed E-state index contributed by atoms with van der Waals surface area (Å²) < 4.78 is 11.6. The molecule has 2 atom stereocenters. The van der Waals surface area contributed by atoms with Gasteiger partial charge in [0.15, 0.2) is 12.3 Å². The molecule has 0 saturated carbocycles. The van der Waals surface area contributed by atoms with E-state index in [1.807, 2.05) is 54.6 Å². The van der Waals surface area contributed by atoms with Gasteiger partial charge < -0.3 is 19.7 Å². The summed E-state index contributed by atoms with van der Waals surface area (Å²) in [6.45, 7) is 6.23. The van der Waals surface area contributed by atoms with Gasteiger partial charge in [0.05, 0.1) is 5.69 Å². The summed E-state index contributed by atoms with van der Waals surface area (Å²) in [5.74, 6) is 1.37. The zero-order valence-corrected chi connectivity index (χ0v) is 14.7. The number of ether oxygens (including phenoxy) is 2. The Kier molecular flexibility index (Phi) is 5.68. The highest BCUT2D eigenvalue weighted by atomic mass is 16.5. The molecule has 1 amide bonds. The third-order valence-electron chi connectivity index (χ3n) is 4.16. The Bertz CT molecular complexity index is 695. The third-order valence-corrected chi connectivity index (χ3v) is 4.16. The molecule has 0 bridgehead atoms. The van der Waals surface area contributed by atoms with Crippen LogP contribution < -0.4 is 15.0 Å². The van der Waals surface area contributed by atoms with Crippen LogP contribution in [0.15, 0.2) is 54.6 Å². The maximum atomic E-state index is 12.5. The number of quaternary nitrogens is 1. The van der Waals surface area contributed by atoms with Gasteiger partial charge >= 0.3 is 0 Å². The fourth-order valence-corrected chi connectivity index (χ4v) is 3.23. The Morgan fingerprint density at radius 2 is 1.72 bits per heavy atom. The van der Waals surface area contributed by atoms with Crippen LogP contribution in [0, 0.1) is 0 Å². The highest BCUT2D eigenvalue weighted by Crippen LogP contribution is 2.28. The van der Waals surface area contributed by atoms with E-state index < -0.39 is 0 Å². The van der Waals surface area contributed by atoms with Gasteiger partial charge in [0.2, 0.25) is 0 Å². The predicted octanol–water partition coefficient (Wildman–Crippen LogP) is 2.11. The number of amides is 1. The molecule has 5 nitrogen and oxygen atoms in total. The minimum atomic E-state index is -0.0135. The van der Waals surface area contributed by atoms with Gasteiger partial charge in [-0.2, -0.15) is 0 Å². The van der Waals surface area contributed by atoms with Crippen LogP contribution in [-0.2, 0) is 9.53 Å². The van der Waals surface area contributed by atoms with Gasteiger partial charge in [-0.1, -0.05) is 30.3 Å². The van der Waals surface area contributed by atoms with E-state index in [9.17, 15) is 4.79 Å². The number of rotatable bonds is 5. The first kappa shape index (κ1) is 17.5. The molecule has 2 aromatic carbocycles. The quantitative estimate of drug-likeness (QED) is 0.876. The SMILES string of the molecule is C[C@@H]1C[NH+](CC(=O)Nc2ccccc2Oc2ccccc2)C[C@@H](C)O1. The van der Waals surface area contributed by atoms with Gasteiger partial charge in [-0.3, -0.25) is 4.79 Å². The summed E-state index contributed by atoms with van der Waals surface area (Å²) >= 11 is 0. The molecular weight excluding hydrogens is 316 g/mol. The molecule has 1 heterocycles. The number of nitrogens with one attached hydrogen (secondary N) is 2. The van der Waals surface area contributed by atoms with Crippen molar-refractivity contribution in [1.82, 2.24) is 0 Å². The fourth-order valence-electron chi connectivity index (χ4n) is 3.23. The second-order valence-corrected chi connectivity index (χ2v) is 6.55. The van der Waals surface area contributed by atoms with Crippen molar-refractivity contribution in [2.45, 2.75) is 26.1 Å². The molecule has 1 aliphatic heterocycles. The van der Waals surface area contributed by atoms with Crippen molar-refractivity contribution >= 4 is 11.6 Å². The van der Waals surface area contributed by atoms with Gasteiger partial charge in [0.25, 0.3) is 5.91 Å². The minimum Gasteiger partial charge on any atom is -0.455 e. The highest BCUT2D eigenvalue weighted by Gasteiger charge is 2.27. The molecule has 0 spiro atoms. The number of morpholine rings is 1. The van der Waals surface area contributed by atoms with Crippen LogP contribution in [0.1, 0.15) is 13.8 Å². The van der Waals surface area contributed by atoms with Crippen LogP contribution in [0.5, 0.6) is 11.5 Å². The number of anilines is 1. The standard InChI is InChI=1S/C20H24N2O3/c1-15-12-22(13-16(2)24-15)14-20(23)21-18-10-6-7-11-19(18)25-17-8-4-3-5-9-17/h3-11,15-16H,12-14H2,1-2H3,(H,21,23)/p+1/t15-,16-/m1/s1. The van der Waals surface area contributed by atoms with Gasteiger partial charge in [-0.25, -0.2) is 0 Å². The van der Waals surface area contributed by atoms with Crippen molar-refractivity contribution in [3.63, 3.8) is 0 Å². The molecule has 3 rings (SSSR count). The molecule has 2 aromatic rings. The lowest BCUT2D eigenvalue weighted by molar-refractivity contribution is -0.907. The number of hydrogen-bond acceptors (Lipinski definition) is 3. The van der Waals surface area contributed by atoms with Gasteiger partial charge in [-0.15, -0.1) is 0 Å². The summed E-state index contributed by atoms with van der Waals surface area (Å²) in [6, 6.07) is 17.0. The average Bonchev–Trinajstić information content (AvgIpc) is 2.56. The largest absolute Gasteiger partial charge is 0.455 e. The average molecular weight is 341 g/mol. The summed E-state index contributed by atoms with van der Waals surface area (Å²) in [6.07, 6.45) is 0.362. The van der Waals surface area contributed by atoms with E-state index in [-0.39, 0.29) is 18.1 Å². The molecule has 5 heteroatoms. The summed E-state index contributed by atoms with van der Waals surface area (Å²) in [5, 5.41) is 2.98. The van der Waals surface area contributed by atoms with Gasteiger partial charge in [-0.05, 0) is 38.1 Å². The lowest BCUT2D eigenvalue weighted by Gasteiger charge is -2.31. The highest BCUT2D eigenvalue weighted by molar-refractivity contribution is 5.93. The van der Waals surface area contributed by atoms with Gasteiger partial charge in [0, 0.05) is 0 Å². The molecule has 0 radical (unpaired) electrons. The Hall–Kier alpha value is -2.37. The van der Waals surface area contributed by atoms with Crippen LogP contribution >= 0.6 is 0 Å². The maximum absolute atomic E-state index is 12.5. The van der Waals surface area contributed by atoms with Crippen molar-refractivity contribution < 1.29 is 19.2 Å². The van der Waals surface area contributed by atoms with E-state index >= 15 is 0 Å². The molecule has 1 aliphatic rings. The molecule has 0 aliphatic carbocycles. The molecule has 0 unspecified atom stereocenters. The maximum Gasteiger partial charge on any atom is 0.279 e. The fraction of sp³-hybridized carbons (Fsp3) is 0.350. The molecule has 1 fully saturated rings. The Balaban J connectivity index is 1.63. The first-order chi connectivity index (χ1) is 12.1. The smallest absolute Gasteiger partial charge is 0.279 e.